The monoisotopic (exact) mass is 279 g/mol. The predicted molar refractivity (Wildman–Crippen MR) is 74.0 cm³/mol. The maximum absolute atomic E-state index is 12.2. The third-order valence-electron chi connectivity index (χ3n) is 3.17. The number of aryl methyl sites for hydroxylation is 1. The van der Waals surface area contributed by atoms with E-state index in [4.69, 9.17) is 4.52 Å². The first-order valence-corrected chi connectivity index (χ1v) is 7.00. The fraction of sp³-hybridized carbons (Fsp3) is 0.643. The molecule has 1 aliphatic rings. The quantitative estimate of drug-likeness (QED) is 0.832. The Morgan fingerprint density at radius 1 is 1.45 bits per heavy atom. The Labute approximate surface area is 118 Å². The molecule has 1 aliphatic carbocycles. The topological polar surface area (TPSA) is 84.2 Å². The van der Waals surface area contributed by atoms with Crippen LogP contribution in [0.3, 0.4) is 0 Å². The second-order valence-corrected chi connectivity index (χ2v) is 5.78. The Morgan fingerprint density at radius 3 is 2.65 bits per heavy atom. The summed E-state index contributed by atoms with van der Waals surface area (Å²) in [6, 6.07) is 1.12. The van der Waals surface area contributed by atoms with Gasteiger partial charge in [0.15, 0.2) is 5.82 Å². The number of hydrogen-bond donors (Lipinski definition) is 2. The molecule has 0 radical (unpaired) electrons. The molecule has 0 unspecified atom stereocenters. The Hall–Kier alpha value is -1.85. The van der Waals surface area contributed by atoms with Gasteiger partial charge in [0, 0.05) is 12.0 Å². The Balaban J connectivity index is 1.96. The molecule has 1 fully saturated rings. The minimum atomic E-state index is -0.528. The van der Waals surface area contributed by atoms with Gasteiger partial charge in [0.25, 0.3) is 0 Å². The van der Waals surface area contributed by atoms with E-state index >= 15 is 0 Å². The van der Waals surface area contributed by atoms with E-state index in [1.165, 1.54) is 0 Å². The van der Waals surface area contributed by atoms with Crippen LogP contribution in [0.4, 0.5) is 5.82 Å². The number of aromatic nitrogens is 1. The smallest absolute Gasteiger partial charge is 0.248 e. The first-order valence-electron chi connectivity index (χ1n) is 7.00. The van der Waals surface area contributed by atoms with Crippen molar-refractivity contribution in [3.05, 3.63) is 11.8 Å². The van der Waals surface area contributed by atoms with E-state index in [1.54, 1.807) is 13.0 Å². The molecule has 0 bridgehead atoms. The molecule has 2 amide bonds. The number of hydrogen-bond acceptors (Lipinski definition) is 4. The molecule has 0 aromatic carbocycles. The molecule has 0 saturated heterocycles. The molecule has 110 valence electrons. The van der Waals surface area contributed by atoms with Gasteiger partial charge in [-0.05, 0) is 32.1 Å². The van der Waals surface area contributed by atoms with Gasteiger partial charge < -0.3 is 15.2 Å². The summed E-state index contributed by atoms with van der Waals surface area (Å²) >= 11 is 0. The van der Waals surface area contributed by atoms with Gasteiger partial charge in [-0.25, -0.2) is 0 Å². The molecule has 0 aliphatic heterocycles. The molecule has 1 aromatic heterocycles. The summed E-state index contributed by atoms with van der Waals surface area (Å²) in [6.45, 7) is 5.79. The molecule has 0 spiro atoms. The summed E-state index contributed by atoms with van der Waals surface area (Å²) in [5, 5.41) is 9.23. The molecule has 6 heteroatoms. The van der Waals surface area contributed by atoms with E-state index in [0.29, 0.717) is 23.9 Å². The zero-order valence-electron chi connectivity index (χ0n) is 12.1. The van der Waals surface area contributed by atoms with E-state index in [1.807, 2.05) is 13.8 Å². The zero-order valence-corrected chi connectivity index (χ0v) is 12.1. The Morgan fingerprint density at radius 2 is 2.15 bits per heavy atom. The minimum absolute atomic E-state index is 0.0258. The first kappa shape index (κ1) is 14.6. The summed E-state index contributed by atoms with van der Waals surface area (Å²) in [5.41, 5.74) is 0. The van der Waals surface area contributed by atoms with Crippen LogP contribution in [0.1, 0.15) is 38.9 Å². The van der Waals surface area contributed by atoms with Gasteiger partial charge in [-0.2, -0.15) is 0 Å². The lowest BCUT2D eigenvalue weighted by Crippen LogP contribution is -2.45. The van der Waals surface area contributed by atoms with Crippen molar-refractivity contribution in [2.75, 3.05) is 5.32 Å². The predicted octanol–water partition coefficient (Wildman–Crippen LogP) is 1.86. The van der Waals surface area contributed by atoms with E-state index in [-0.39, 0.29) is 17.7 Å². The van der Waals surface area contributed by atoms with Crippen LogP contribution in [-0.2, 0) is 9.59 Å². The Bertz CT molecular complexity index is 492. The summed E-state index contributed by atoms with van der Waals surface area (Å²) in [5.74, 6) is 1.13. The minimum Gasteiger partial charge on any atom is -0.360 e. The highest BCUT2D eigenvalue weighted by atomic mass is 16.5. The summed E-state index contributed by atoms with van der Waals surface area (Å²) in [6.07, 6.45) is 2.44. The fourth-order valence-electron chi connectivity index (χ4n) is 1.98. The van der Waals surface area contributed by atoms with Crippen molar-refractivity contribution >= 4 is 17.6 Å². The third-order valence-corrected chi connectivity index (χ3v) is 3.17. The van der Waals surface area contributed by atoms with Crippen LogP contribution in [0.15, 0.2) is 10.6 Å². The largest absolute Gasteiger partial charge is 0.360 e. The van der Waals surface area contributed by atoms with Gasteiger partial charge in [0.2, 0.25) is 11.8 Å². The summed E-state index contributed by atoms with van der Waals surface area (Å²) < 4.78 is 4.90. The van der Waals surface area contributed by atoms with Crippen LogP contribution in [0.2, 0.25) is 0 Å². The van der Waals surface area contributed by atoms with Gasteiger partial charge in [0.05, 0.1) is 0 Å². The molecule has 6 nitrogen and oxygen atoms in total. The standard InChI is InChI=1S/C14H21N3O3/c1-8(2)6-11(15-13(18)10-4-5-10)14(19)16-12-7-9(3)20-17-12/h7-8,10-11H,4-6H2,1-3H3,(H,15,18)(H,16,17,19)/t11-/m0/s1. The number of carbonyl (C=O) groups excluding carboxylic acids is 2. The molecule has 2 rings (SSSR count). The molecule has 1 atom stereocenters. The van der Waals surface area contributed by atoms with Crippen LogP contribution in [0.25, 0.3) is 0 Å². The van der Waals surface area contributed by atoms with Crippen LogP contribution < -0.4 is 10.6 Å². The highest BCUT2D eigenvalue weighted by Gasteiger charge is 2.32. The normalized spacial score (nSPS) is 16.0. The van der Waals surface area contributed by atoms with Gasteiger partial charge >= 0.3 is 0 Å². The molecule has 20 heavy (non-hydrogen) atoms. The number of carbonyl (C=O) groups is 2. The Kier molecular flexibility index (Phi) is 4.42. The van der Waals surface area contributed by atoms with Gasteiger partial charge in [-0.3, -0.25) is 9.59 Å². The highest BCUT2D eigenvalue weighted by molar-refractivity contribution is 5.97. The van der Waals surface area contributed by atoms with Crippen molar-refractivity contribution in [1.29, 1.82) is 0 Å². The average molecular weight is 279 g/mol. The van der Waals surface area contributed by atoms with Crippen LogP contribution in [0.5, 0.6) is 0 Å². The van der Waals surface area contributed by atoms with Gasteiger partial charge in [0.1, 0.15) is 11.8 Å². The molecule has 1 saturated carbocycles. The summed E-state index contributed by atoms with van der Waals surface area (Å²) in [7, 11) is 0. The molecular formula is C14H21N3O3. The molecule has 1 heterocycles. The van der Waals surface area contributed by atoms with E-state index in [2.05, 4.69) is 15.8 Å². The lowest BCUT2D eigenvalue weighted by Gasteiger charge is -2.19. The van der Waals surface area contributed by atoms with Crippen molar-refractivity contribution in [2.45, 2.75) is 46.1 Å². The summed E-state index contributed by atoms with van der Waals surface area (Å²) in [4.78, 5) is 24.1. The number of nitrogens with one attached hydrogen (secondary N) is 2. The number of nitrogens with zero attached hydrogens (tertiary/aromatic N) is 1. The maximum Gasteiger partial charge on any atom is 0.248 e. The van der Waals surface area contributed by atoms with Crippen molar-refractivity contribution in [1.82, 2.24) is 10.5 Å². The zero-order chi connectivity index (χ0) is 14.7. The molecular weight excluding hydrogens is 258 g/mol. The van der Waals surface area contributed by atoms with Gasteiger partial charge in [-0.15, -0.1) is 0 Å². The SMILES string of the molecule is Cc1cc(NC(=O)[C@H](CC(C)C)NC(=O)C2CC2)no1. The van der Waals surface area contributed by atoms with Crippen molar-refractivity contribution in [3.63, 3.8) is 0 Å². The maximum atomic E-state index is 12.2. The third kappa shape index (κ3) is 4.08. The van der Waals surface area contributed by atoms with E-state index in [0.717, 1.165) is 12.8 Å². The molecule has 2 N–H and O–H groups in total. The van der Waals surface area contributed by atoms with Crippen molar-refractivity contribution in [2.24, 2.45) is 11.8 Å². The van der Waals surface area contributed by atoms with Gasteiger partial charge in [-0.1, -0.05) is 19.0 Å². The number of amides is 2. The fourth-order valence-corrected chi connectivity index (χ4v) is 1.98. The van der Waals surface area contributed by atoms with Crippen LogP contribution in [-0.4, -0.2) is 23.0 Å². The van der Waals surface area contributed by atoms with Crippen LogP contribution in [0, 0.1) is 18.8 Å². The highest BCUT2D eigenvalue weighted by Crippen LogP contribution is 2.29. The van der Waals surface area contributed by atoms with E-state index < -0.39 is 6.04 Å². The second kappa shape index (κ2) is 6.07. The molecule has 1 aromatic rings. The van der Waals surface area contributed by atoms with Crippen molar-refractivity contribution < 1.29 is 14.1 Å². The van der Waals surface area contributed by atoms with E-state index in [9.17, 15) is 9.59 Å². The second-order valence-electron chi connectivity index (χ2n) is 5.78. The van der Waals surface area contributed by atoms with Crippen molar-refractivity contribution in [3.8, 4) is 0 Å². The lowest BCUT2D eigenvalue weighted by atomic mass is 10.0. The van der Waals surface area contributed by atoms with Crippen LogP contribution >= 0.6 is 0 Å². The number of rotatable bonds is 6. The average Bonchev–Trinajstić information content (AvgIpc) is 3.13. The lowest BCUT2D eigenvalue weighted by molar-refractivity contribution is -0.127. The first-order chi connectivity index (χ1) is 9.45. The number of anilines is 1.